The summed E-state index contributed by atoms with van der Waals surface area (Å²) in [5, 5.41) is 9.53. The molecule has 2 atom stereocenters. The summed E-state index contributed by atoms with van der Waals surface area (Å²) in [5.74, 6) is 0.114. The number of fused-ring (bicyclic) bond motifs is 1. The van der Waals surface area contributed by atoms with Crippen LogP contribution in [0, 0.1) is 5.92 Å². The third kappa shape index (κ3) is 3.55. The Morgan fingerprint density at radius 3 is 3.05 bits per heavy atom. The smallest absolute Gasteiger partial charge is 0.224 e. The molecule has 0 saturated heterocycles. The summed E-state index contributed by atoms with van der Waals surface area (Å²) < 4.78 is 0. The molecule has 1 aliphatic rings. The Kier molecular flexibility index (Phi) is 4.93. The Morgan fingerprint density at radius 1 is 1.47 bits per heavy atom. The highest BCUT2D eigenvalue weighted by molar-refractivity contribution is 5.78. The summed E-state index contributed by atoms with van der Waals surface area (Å²) >= 11 is 0. The van der Waals surface area contributed by atoms with E-state index in [2.05, 4.69) is 40.2 Å². The fourth-order valence-corrected chi connectivity index (χ4v) is 2.55. The van der Waals surface area contributed by atoms with E-state index in [1.807, 2.05) is 14.0 Å². The first-order chi connectivity index (χ1) is 9.22. The average Bonchev–Trinajstić information content (AvgIpc) is 2.45. The minimum absolute atomic E-state index is 0.00355. The lowest BCUT2D eigenvalue weighted by molar-refractivity contribution is -0.124. The molecule has 1 aliphatic heterocycles. The van der Waals surface area contributed by atoms with Crippen LogP contribution in [-0.4, -0.2) is 32.6 Å². The van der Waals surface area contributed by atoms with Crippen LogP contribution in [0.3, 0.4) is 0 Å². The van der Waals surface area contributed by atoms with Crippen molar-refractivity contribution in [2.75, 3.05) is 26.7 Å². The van der Waals surface area contributed by atoms with Crippen molar-refractivity contribution < 1.29 is 4.79 Å². The summed E-state index contributed by atoms with van der Waals surface area (Å²) in [4.78, 5) is 11.9. The standard InChI is InChI=1S/C15H23N3O/c1-11(9-16-2)15(19)18-10-14-13-6-4-3-5-12(13)7-8-17-14/h3-6,11,14,16-17H,7-10H2,1-2H3,(H,18,19). The fraction of sp³-hybridized carbons (Fsp3) is 0.533. The van der Waals surface area contributed by atoms with E-state index < -0.39 is 0 Å². The first-order valence-corrected chi connectivity index (χ1v) is 6.96. The molecule has 1 amide bonds. The largest absolute Gasteiger partial charge is 0.354 e. The van der Waals surface area contributed by atoms with Gasteiger partial charge < -0.3 is 16.0 Å². The zero-order chi connectivity index (χ0) is 13.7. The molecule has 19 heavy (non-hydrogen) atoms. The van der Waals surface area contributed by atoms with Gasteiger partial charge in [0.15, 0.2) is 0 Å². The van der Waals surface area contributed by atoms with Crippen LogP contribution in [0.5, 0.6) is 0 Å². The molecule has 0 bridgehead atoms. The Bertz CT molecular complexity index is 433. The van der Waals surface area contributed by atoms with Gasteiger partial charge in [0.2, 0.25) is 5.91 Å². The van der Waals surface area contributed by atoms with Gasteiger partial charge >= 0.3 is 0 Å². The summed E-state index contributed by atoms with van der Waals surface area (Å²) in [5.41, 5.74) is 2.71. The predicted octanol–water partition coefficient (Wildman–Crippen LogP) is 0.845. The molecule has 3 N–H and O–H groups in total. The highest BCUT2D eigenvalue weighted by atomic mass is 16.1. The lowest BCUT2D eigenvalue weighted by Crippen LogP contribution is -2.41. The number of amides is 1. The van der Waals surface area contributed by atoms with Crippen molar-refractivity contribution in [3.05, 3.63) is 35.4 Å². The first kappa shape index (κ1) is 14.0. The zero-order valence-electron chi connectivity index (χ0n) is 11.7. The van der Waals surface area contributed by atoms with Gasteiger partial charge in [0.25, 0.3) is 0 Å². The molecule has 0 spiro atoms. The van der Waals surface area contributed by atoms with Crippen molar-refractivity contribution in [2.24, 2.45) is 5.92 Å². The van der Waals surface area contributed by atoms with Gasteiger partial charge in [-0.3, -0.25) is 4.79 Å². The van der Waals surface area contributed by atoms with E-state index in [1.165, 1.54) is 11.1 Å². The normalized spacial score (nSPS) is 19.6. The van der Waals surface area contributed by atoms with E-state index in [4.69, 9.17) is 0 Å². The maximum Gasteiger partial charge on any atom is 0.224 e. The van der Waals surface area contributed by atoms with Crippen LogP contribution >= 0.6 is 0 Å². The van der Waals surface area contributed by atoms with Crippen molar-refractivity contribution >= 4 is 5.91 Å². The summed E-state index contributed by atoms with van der Waals surface area (Å²) in [6, 6.07) is 8.69. The van der Waals surface area contributed by atoms with Crippen molar-refractivity contribution in [1.82, 2.24) is 16.0 Å². The Labute approximate surface area is 115 Å². The van der Waals surface area contributed by atoms with E-state index in [1.54, 1.807) is 0 Å². The molecule has 0 saturated carbocycles. The van der Waals surface area contributed by atoms with Crippen LogP contribution in [0.1, 0.15) is 24.1 Å². The molecule has 2 unspecified atom stereocenters. The molecule has 0 aliphatic carbocycles. The van der Waals surface area contributed by atoms with Gasteiger partial charge in [-0.1, -0.05) is 31.2 Å². The highest BCUT2D eigenvalue weighted by Gasteiger charge is 2.20. The SMILES string of the molecule is CNCC(C)C(=O)NCC1NCCc2ccccc21. The van der Waals surface area contributed by atoms with E-state index in [9.17, 15) is 4.79 Å². The lowest BCUT2D eigenvalue weighted by Gasteiger charge is -2.27. The molecule has 1 aromatic carbocycles. The fourth-order valence-electron chi connectivity index (χ4n) is 2.55. The van der Waals surface area contributed by atoms with E-state index >= 15 is 0 Å². The van der Waals surface area contributed by atoms with Crippen LogP contribution in [0.15, 0.2) is 24.3 Å². The molecular formula is C15H23N3O. The van der Waals surface area contributed by atoms with Gasteiger partial charge in [0.1, 0.15) is 0 Å². The second-order valence-corrected chi connectivity index (χ2v) is 5.16. The first-order valence-electron chi connectivity index (χ1n) is 6.96. The van der Waals surface area contributed by atoms with Crippen LogP contribution in [-0.2, 0) is 11.2 Å². The van der Waals surface area contributed by atoms with E-state index in [0.29, 0.717) is 13.1 Å². The topological polar surface area (TPSA) is 53.2 Å². The molecule has 1 heterocycles. The van der Waals surface area contributed by atoms with Crippen LogP contribution in [0.4, 0.5) is 0 Å². The Morgan fingerprint density at radius 2 is 2.26 bits per heavy atom. The van der Waals surface area contributed by atoms with Gasteiger partial charge in [-0.15, -0.1) is 0 Å². The predicted molar refractivity (Wildman–Crippen MR) is 77.0 cm³/mol. The van der Waals surface area contributed by atoms with Crippen LogP contribution in [0.2, 0.25) is 0 Å². The monoisotopic (exact) mass is 261 g/mol. The van der Waals surface area contributed by atoms with Crippen LogP contribution in [0.25, 0.3) is 0 Å². The van der Waals surface area contributed by atoms with Gasteiger partial charge in [-0.05, 0) is 31.1 Å². The molecular weight excluding hydrogens is 238 g/mol. The Balaban J connectivity index is 1.92. The number of carbonyl (C=O) groups excluding carboxylic acids is 1. The number of hydrogen-bond donors (Lipinski definition) is 3. The molecule has 4 heteroatoms. The number of nitrogens with one attached hydrogen (secondary N) is 3. The molecule has 0 aromatic heterocycles. The van der Waals surface area contributed by atoms with Gasteiger partial charge in [0, 0.05) is 25.0 Å². The second kappa shape index (κ2) is 6.68. The quantitative estimate of drug-likeness (QED) is 0.736. The van der Waals surface area contributed by atoms with Crippen molar-refractivity contribution in [2.45, 2.75) is 19.4 Å². The van der Waals surface area contributed by atoms with Gasteiger partial charge in [-0.25, -0.2) is 0 Å². The number of hydrogen-bond acceptors (Lipinski definition) is 3. The maximum atomic E-state index is 11.9. The number of carbonyl (C=O) groups is 1. The molecule has 0 radical (unpaired) electrons. The lowest BCUT2D eigenvalue weighted by atomic mass is 9.94. The molecule has 0 fully saturated rings. The molecule has 1 aromatic rings. The summed E-state index contributed by atoms with van der Waals surface area (Å²) in [6.45, 7) is 4.28. The minimum Gasteiger partial charge on any atom is -0.354 e. The zero-order valence-corrected chi connectivity index (χ0v) is 11.7. The summed E-state index contributed by atoms with van der Waals surface area (Å²) in [7, 11) is 1.86. The maximum absolute atomic E-state index is 11.9. The Hall–Kier alpha value is -1.39. The number of benzene rings is 1. The van der Waals surface area contributed by atoms with E-state index in [-0.39, 0.29) is 17.9 Å². The van der Waals surface area contributed by atoms with Crippen molar-refractivity contribution in [3.8, 4) is 0 Å². The highest BCUT2D eigenvalue weighted by Crippen LogP contribution is 2.21. The van der Waals surface area contributed by atoms with Crippen molar-refractivity contribution in [1.29, 1.82) is 0 Å². The number of rotatable bonds is 5. The van der Waals surface area contributed by atoms with Crippen molar-refractivity contribution in [3.63, 3.8) is 0 Å². The average molecular weight is 261 g/mol. The second-order valence-electron chi connectivity index (χ2n) is 5.16. The molecule has 4 nitrogen and oxygen atoms in total. The summed E-state index contributed by atoms with van der Waals surface area (Å²) in [6.07, 6.45) is 1.07. The van der Waals surface area contributed by atoms with Crippen LogP contribution < -0.4 is 16.0 Å². The van der Waals surface area contributed by atoms with Gasteiger partial charge in [0.05, 0.1) is 0 Å². The molecule has 2 rings (SSSR count). The third-order valence-electron chi connectivity index (χ3n) is 3.65. The van der Waals surface area contributed by atoms with Gasteiger partial charge in [-0.2, -0.15) is 0 Å². The minimum atomic E-state index is 0.00355. The van der Waals surface area contributed by atoms with E-state index in [0.717, 1.165) is 13.0 Å². The third-order valence-corrected chi connectivity index (χ3v) is 3.65. The molecule has 104 valence electrons.